The first-order chi connectivity index (χ1) is 10.0. The third-order valence-electron chi connectivity index (χ3n) is 3.42. The van der Waals surface area contributed by atoms with Gasteiger partial charge in [0, 0.05) is 0 Å². The number of ether oxygens (including phenoxy) is 1. The molecule has 1 heterocycles. The Hall–Kier alpha value is -1.67. The van der Waals surface area contributed by atoms with Crippen molar-refractivity contribution in [3.05, 3.63) is 54.6 Å². The number of methoxy groups -OCH3 is 1. The summed E-state index contributed by atoms with van der Waals surface area (Å²) in [5.74, 6) is 0.705. The molecule has 0 unspecified atom stereocenters. The third-order valence-corrected chi connectivity index (χ3v) is 5.25. The van der Waals surface area contributed by atoms with Gasteiger partial charge in [0.05, 0.1) is 0 Å². The van der Waals surface area contributed by atoms with Crippen LogP contribution in [0.25, 0.3) is 10.9 Å². The predicted molar refractivity (Wildman–Crippen MR) is 82.9 cm³/mol. The van der Waals surface area contributed by atoms with Crippen molar-refractivity contribution in [2.24, 2.45) is 0 Å². The van der Waals surface area contributed by atoms with Crippen LogP contribution in [-0.4, -0.2) is 37.2 Å². The molecule has 0 amide bonds. The van der Waals surface area contributed by atoms with E-state index in [2.05, 4.69) is 0 Å². The number of rotatable bonds is 3. The Morgan fingerprint density at radius 1 is 1.05 bits per heavy atom. The fourth-order valence-corrected chi connectivity index (χ4v) is 4.02. The van der Waals surface area contributed by atoms with Gasteiger partial charge >= 0.3 is 132 Å². The van der Waals surface area contributed by atoms with E-state index in [1.165, 1.54) is 3.97 Å². The van der Waals surface area contributed by atoms with Crippen molar-refractivity contribution < 1.29 is 13.2 Å². The van der Waals surface area contributed by atoms with Gasteiger partial charge in [-0.2, -0.15) is 0 Å². The second-order valence-electron chi connectivity index (χ2n) is 4.79. The normalized spacial score (nSPS) is 11.8. The predicted octanol–water partition coefficient (Wildman–Crippen LogP) is 1.68. The van der Waals surface area contributed by atoms with Gasteiger partial charge in [0.25, 0.3) is 0 Å². The van der Waals surface area contributed by atoms with Crippen LogP contribution in [0.4, 0.5) is 0 Å². The molecule has 4 nitrogen and oxygen atoms in total. The van der Waals surface area contributed by atoms with Gasteiger partial charge in [0.2, 0.25) is 0 Å². The van der Waals surface area contributed by atoms with Crippen molar-refractivity contribution in [1.82, 2.24) is 3.97 Å². The minimum atomic E-state index is -3.60. The Kier molecular flexibility index (Phi) is 3.58. The summed E-state index contributed by atoms with van der Waals surface area (Å²) in [7, 11) is -2.01. The molecule has 0 bridgehead atoms. The molecule has 0 fully saturated rings. The Balaban J connectivity index is 2.28. The monoisotopic (exact) mass is 293 g/mol. The number of hydrogen-bond donors (Lipinski definition) is 0. The van der Waals surface area contributed by atoms with Gasteiger partial charge in [-0.25, -0.2) is 0 Å². The summed E-state index contributed by atoms with van der Waals surface area (Å²) in [5, 5.41) is 0.839. The van der Waals surface area contributed by atoms with Gasteiger partial charge in [-0.15, -0.1) is 0 Å². The van der Waals surface area contributed by atoms with E-state index >= 15 is 0 Å². The van der Waals surface area contributed by atoms with Crippen molar-refractivity contribution in [3.8, 4) is 5.75 Å². The standard InChI is InChI=1S/C15H12NO3S.Li/c1-19-13-7-8-15-12(11-13)9-10-16(15)20(17,18)14-5-3-2-4-6-14;/h2-9,11H,1H3;. The molecule has 21 heavy (non-hydrogen) atoms. The van der Waals surface area contributed by atoms with E-state index in [0.717, 1.165) is 5.39 Å². The molecular formula is C15H12LiNO3S. The molecule has 0 saturated carbocycles. The van der Waals surface area contributed by atoms with E-state index < -0.39 is 10.0 Å². The molecule has 2 aromatic carbocycles. The first-order valence-corrected chi connectivity index (χ1v) is 7.95. The number of nitrogens with zero attached hydrogens (tertiary/aromatic N) is 1. The van der Waals surface area contributed by atoms with E-state index in [-0.39, 0.29) is 4.90 Å². The van der Waals surface area contributed by atoms with Crippen LogP contribution in [0.3, 0.4) is 0 Å². The van der Waals surface area contributed by atoms with Crippen molar-refractivity contribution in [3.63, 3.8) is 0 Å². The van der Waals surface area contributed by atoms with Crippen LogP contribution in [0.5, 0.6) is 5.75 Å². The zero-order valence-corrected chi connectivity index (χ0v) is 12.6. The van der Waals surface area contributed by atoms with Crippen LogP contribution in [0.1, 0.15) is 0 Å². The maximum atomic E-state index is 12.8. The Labute approximate surface area is 132 Å². The van der Waals surface area contributed by atoms with Crippen molar-refractivity contribution >= 4 is 43.0 Å². The average molecular weight is 293 g/mol. The molecule has 102 valence electrons. The number of aromatic nitrogens is 1. The Bertz CT molecular complexity index is 901. The van der Waals surface area contributed by atoms with Gasteiger partial charge in [0.15, 0.2) is 0 Å². The molecule has 1 aromatic heterocycles. The molecule has 0 spiro atoms. The van der Waals surface area contributed by atoms with Crippen LogP contribution >= 0.6 is 0 Å². The fourth-order valence-electron chi connectivity index (χ4n) is 2.45. The zero-order chi connectivity index (χ0) is 15.0. The molecule has 3 aromatic rings. The van der Waals surface area contributed by atoms with Crippen LogP contribution in [0.2, 0.25) is 0 Å². The molecular weight excluding hydrogens is 281 g/mol. The van der Waals surface area contributed by atoms with Crippen LogP contribution in [0, 0.1) is 0 Å². The van der Waals surface area contributed by atoms with Crippen molar-refractivity contribution in [2.75, 3.05) is 7.11 Å². The van der Waals surface area contributed by atoms with Gasteiger partial charge in [-0.1, -0.05) is 0 Å². The van der Waals surface area contributed by atoms with E-state index in [9.17, 15) is 8.42 Å². The number of benzene rings is 2. The molecule has 3 rings (SSSR count). The second-order valence-corrected chi connectivity index (χ2v) is 6.58. The summed E-state index contributed by atoms with van der Waals surface area (Å²) >= 11 is 1.78. The summed E-state index contributed by atoms with van der Waals surface area (Å²) in [6.07, 6.45) is 0. The van der Waals surface area contributed by atoms with E-state index in [1.807, 2.05) is 12.1 Å². The van der Waals surface area contributed by atoms with Crippen LogP contribution < -0.4 is 9.10 Å². The molecule has 0 saturated heterocycles. The molecule has 0 radical (unpaired) electrons. The summed E-state index contributed by atoms with van der Waals surface area (Å²) in [4.78, 5) is 0.279. The quantitative estimate of drug-likeness (QED) is 0.690. The topological polar surface area (TPSA) is 48.3 Å². The molecule has 0 atom stereocenters. The first kappa shape index (κ1) is 14.3. The Morgan fingerprint density at radius 2 is 1.76 bits per heavy atom. The van der Waals surface area contributed by atoms with Gasteiger partial charge in [-0.05, 0) is 0 Å². The molecule has 0 aliphatic carbocycles. The number of hydrogen-bond acceptors (Lipinski definition) is 3. The molecule has 0 aliphatic rings. The van der Waals surface area contributed by atoms with Gasteiger partial charge in [0.1, 0.15) is 0 Å². The summed E-state index contributed by atoms with van der Waals surface area (Å²) in [5.41, 5.74) is 0.650. The SMILES string of the molecule is [Li][c]1cc2cc(OC)ccc2n1S(=O)(=O)c1ccccc1. The van der Waals surface area contributed by atoms with Crippen LogP contribution in [0.15, 0.2) is 59.5 Å². The van der Waals surface area contributed by atoms with E-state index in [1.54, 1.807) is 67.3 Å². The van der Waals surface area contributed by atoms with Crippen LogP contribution in [-0.2, 0) is 10.0 Å². The first-order valence-electron chi connectivity index (χ1n) is 6.51. The summed E-state index contributed by atoms with van der Waals surface area (Å²) < 4.78 is 32.9. The maximum absolute atomic E-state index is 12.8. The molecule has 0 N–H and O–H groups in total. The summed E-state index contributed by atoms with van der Waals surface area (Å²) in [6.45, 7) is 0. The fraction of sp³-hybridized carbons (Fsp3) is 0.0667. The zero-order valence-electron chi connectivity index (χ0n) is 11.8. The molecule has 0 aliphatic heterocycles. The third kappa shape index (κ3) is 2.38. The number of fused-ring (bicyclic) bond motifs is 1. The second kappa shape index (κ2) is 5.27. The van der Waals surface area contributed by atoms with Crippen molar-refractivity contribution in [2.45, 2.75) is 4.90 Å². The van der Waals surface area contributed by atoms with Gasteiger partial charge in [-0.3, -0.25) is 0 Å². The minimum absolute atomic E-state index is 0.279. The Morgan fingerprint density at radius 3 is 2.43 bits per heavy atom. The van der Waals surface area contributed by atoms with E-state index in [0.29, 0.717) is 15.6 Å². The van der Waals surface area contributed by atoms with Gasteiger partial charge < -0.3 is 0 Å². The summed E-state index contributed by atoms with van der Waals surface area (Å²) in [6, 6.07) is 15.6. The molecule has 6 heteroatoms. The average Bonchev–Trinajstić information content (AvgIpc) is 2.83. The van der Waals surface area contributed by atoms with Crippen molar-refractivity contribution in [1.29, 1.82) is 0 Å². The van der Waals surface area contributed by atoms with E-state index in [4.69, 9.17) is 4.74 Å².